The van der Waals surface area contributed by atoms with Crippen LogP contribution < -0.4 is 5.69 Å². The van der Waals surface area contributed by atoms with E-state index in [-0.39, 0.29) is 23.9 Å². The minimum absolute atomic E-state index is 0.0882. The van der Waals surface area contributed by atoms with Gasteiger partial charge in [0, 0.05) is 21.3 Å². The molecule has 0 saturated heterocycles. The summed E-state index contributed by atoms with van der Waals surface area (Å²) in [6.07, 6.45) is -7.41. The molecule has 2 heterocycles. The molecule has 2 N–H and O–H groups in total. The Hall–Kier alpha value is -2.83. The van der Waals surface area contributed by atoms with Gasteiger partial charge in [-0.05, 0) is 42.8 Å². The fourth-order valence-corrected chi connectivity index (χ4v) is 4.30. The largest absolute Gasteiger partial charge is 0.416 e. The molecular weight excluding hydrogens is 558 g/mol. The van der Waals surface area contributed by atoms with E-state index in [4.69, 9.17) is 34.8 Å². The Morgan fingerprint density at radius 2 is 1.62 bits per heavy atom. The monoisotopic (exact) mass is 575 g/mol. The highest BCUT2D eigenvalue weighted by Crippen LogP contribution is 2.26. The van der Waals surface area contributed by atoms with Gasteiger partial charge >= 0.3 is 11.9 Å². The fourth-order valence-electron chi connectivity index (χ4n) is 3.66. The first-order chi connectivity index (χ1) is 17.3. The minimum atomic E-state index is -4.93. The Morgan fingerprint density at radius 1 is 1.00 bits per heavy atom. The van der Waals surface area contributed by atoms with Crippen molar-refractivity contribution in [3.8, 4) is 16.9 Å². The van der Waals surface area contributed by atoms with Crippen LogP contribution in [0.25, 0.3) is 16.9 Å². The minimum Gasteiger partial charge on any atom is -0.385 e. The predicted molar refractivity (Wildman–Crippen MR) is 132 cm³/mol. The lowest BCUT2D eigenvalue weighted by atomic mass is 10.1. The van der Waals surface area contributed by atoms with Crippen molar-refractivity contribution >= 4 is 34.8 Å². The van der Waals surface area contributed by atoms with Crippen molar-refractivity contribution in [2.45, 2.75) is 38.4 Å². The first-order valence-corrected chi connectivity index (χ1v) is 11.9. The highest BCUT2D eigenvalue weighted by atomic mass is 35.5. The third kappa shape index (κ3) is 6.02. The van der Waals surface area contributed by atoms with Gasteiger partial charge in [0.05, 0.1) is 24.5 Å². The molecule has 0 saturated carbocycles. The summed E-state index contributed by atoms with van der Waals surface area (Å²) in [5.74, 6) is 0.219. The van der Waals surface area contributed by atoms with Crippen LogP contribution in [0.1, 0.15) is 24.7 Å². The molecular formula is C23H19Cl3F3N5O3. The predicted octanol–water partition coefficient (Wildman–Crippen LogP) is 4.88. The second kappa shape index (κ2) is 10.5. The van der Waals surface area contributed by atoms with Crippen LogP contribution in [0.5, 0.6) is 0 Å². The summed E-state index contributed by atoms with van der Waals surface area (Å²) < 4.78 is 42.5. The van der Waals surface area contributed by atoms with Crippen molar-refractivity contribution in [2.24, 2.45) is 0 Å². The molecule has 2 aromatic carbocycles. The van der Waals surface area contributed by atoms with Crippen molar-refractivity contribution in [1.82, 2.24) is 23.9 Å². The van der Waals surface area contributed by atoms with Crippen molar-refractivity contribution in [1.29, 1.82) is 0 Å². The maximum atomic E-state index is 13.2. The van der Waals surface area contributed by atoms with Crippen molar-refractivity contribution in [3.05, 3.63) is 85.9 Å². The van der Waals surface area contributed by atoms with Crippen molar-refractivity contribution in [3.63, 3.8) is 0 Å². The van der Waals surface area contributed by atoms with Gasteiger partial charge in [-0.3, -0.25) is 9.13 Å². The lowest BCUT2D eigenvalue weighted by molar-refractivity contribution is -0.207. The second-order valence-electron chi connectivity index (χ2n) is 8.20. The van der Waals surface area contributed by atoms with E-state index in [1.165, 1.54) is 36.0 Å². The maximum Gasteiger partial charge on any atom is 0.416 e. The van der Waals surface area contributed by atoms with E-state index in [0.717, 1.165) is 9.13 Å². The molecule has 2 atom stereocenters. The van der Waals surface area contributed by atoms with Gasteiger partial charge in [-0.15, -0.1) is 5.10 Å². The van der Waals surface area contributed by atoms with Crippen molar-refractivity contribution < 1.29 is 23.4 Å². The topological polar surface area (TPSA) is 98.1 Å². The summed E-state index contributed by atoms with van der Waals surface area (Å²) in [5.41, 5.74) is 0.120. The fraction of sp³-hybridized carbons (Fsp3) is 0.261. The van der Waals surface area contributed by atoms with Gasteiger partial charge in [-0.1, -0.05) is 46.9 Å². The van der Waals surface area contributed by atoms with Crippen LogP contribution in [0.3, 0.4) is 0 Å². The average Bonchev–Trinajstić information content (AvgIpc) is 3.36. The first-order valence-electron chi connectivity index (χ1n) is 10.7. The van der Waals surface area contributed by atoms with Crippen LogP contribution in [0.15, 0.2) is 53.5 Å². The highest BCUT2D eigenvalue weighted by Gasteiger charge is 2.39. The molecule has 37 heavy (non-hydrogen) atoms. The van der Waals surface area contributed by atoms with Gasteiger partial charge in [0.2, 0.25) is 0 Å². The molecule has 14 heteroatoms. The number of hydrogen-bond acceptors (Lipinski definition) is 5. The number of nitrogens with zero attached hydrogens (tertiary/aromatic N) is 5. The van der Waals surface area contributed by atoms with Crippen LogP contribution in [0, 0.1) is 0 Å². The number of aromatic nitrogens is 5. The summed E-state index contributed by atoms with van der Waals surface area (Å²) >= 11 is 18.1. The number of alkyl halides is 3. The lowest BCUT2D eigenvalue weighted by Gasteiger charge is -2.16. The van der Waals surface area contributed by atoms with Gasteiger partial charge in [0.1, 0.15) is 6.10 Å². The summed E-state index contributed by atoms with van der Waals surface area (Å²) in [4.78, 5) is 17.5. The zero-order valence-electron chi connectivity index (χ0n) is 19.0. The van der Waals surface area contributed by atoms with Crippen molar-refractivity contribution in [2.75, 3.05) is 0 Å². The molecule has 0 radical (unpaired) electrons. The Bertz CT molecular complexity index is 1460. The van der Waals surface area contributed by atoms with Gasteiger partial charge in [-0.2, -0.15) is 13.2 Å². The van der Waals surface area contributed by atoms with E-state index < -0.39 is 30.6 Å². The average molecular weight is 577 g/mol. The normalized spacial score (nSPS) is 13.6. The number of rotatable bonds is 7. The number of aliphatic hydroxyl groups excluding tert-OH is 2. The molecule has 0 bridgehead atoms. The summed E-state index contributed by atoms with van der Waals surface area (Å²) in [7, 11) is 0. The molecule has 2 aromatic heterocycles. The van der Waals surface area contributed by atoms with E-state index in [9.17, 15) is 28.2 Å². The molecule has 0 aliphatic carbocycles. The molecule has 0 fully saturated rings. The van der Waals surface area contributed by atoms with Crippen LogP contribution in [-0.4, -0.2) is 46.4 Å². The van der Waals surface area contributed by atoms with E-state index in [1.807, 2.05) is 0 Å². The second-order valence-corrected chi connectivity index (χ2v) is 9.51. The number of benzene rings is 2. The smallest absolute Gasteiger partial charge is 0.385 e. The zero-order chi connectivity index (χ0) is 27.1. The lowest BCUT2D eigenvalue weighted by Crippen LogP contribution is -2.37. The Balaban J connectivity index is 1.78. The Labute approximate surface area is 223 Å². The molecule has 4 rings (SSSR count). The third-order valence-corrected chi connectivity index (χ3v) is 6.06. The highest BCUT2D eigenvalue weighted by molar-refractivity contribution is 6.34. The molecule has 0 spiro atoms. The first kappa shape index (κ1) is 27.2. The Kier molecular flexibility index (Phi) is 7.72. The quantitative estimate of drug-likeness (QED) is 0.327. The number of aliphatic hydroxyl groups is 2. The van der Waals surface area contributed by atoms with E-state index in [2.05, 4.69) is 10.1 Å². The number of hydrogen-bond donors (Lipinski definition) is 2. The third-order valence-electron chi connectivity index (χ3n) is 5.37. The molecule has 0 aliphatic rings. The summed E-state index contributed by atoms with van der Waals surface area (Å²) in [5, 5.41) is 25.3. The molecule has 0 aliphatic heterocycles. The molecule has 8 nitrogen and oxygen atoms in total. The van der Waals surface area contributed by atoms with Crippen LogP contribution >= 0.6 is 34.8 Å². The van der Waals surface area contributed by atoms with E-state index in [0.29, 0.717) is 26.3 Å². The van der Waals surface area contributed by atoms with Gasteiger partial charge in [-0.25, -0.2) is 14.5 Å². The standard InChI is InChI=1S/C23H19Cl3F3N5O3/c1-12(35)21-30-20(31-34(21)17-7-15(25)6-16(26)8-17)11-32-9-18(13-2-4-14(24)5-3-13)33(22(32)37)10-19(36)23(27,28)29/h2-9,12,19,35-36H,10-11H2,1H3/t12-,19-/m0/s1. The summed E-state index contributed by atoms with van der Waals surface area (Å²) in [6.45, 7) is 0.209. The molecule has 196 valence electrons. The van der Waals surface area contributed by atoms with Crippen LogP contribution in [-0.2, 0) is 13.1 Å². The maximum absolute atomic E-state index is 13.2. The number of imidazole rings is 1. The van der Waals surface area contributed by atoms with Gasteiger partial charge in [0.15, 0.2) is 17.8 Å². The summed E-state index contributed by atoms with van der Waals surface area (Å²) in [6, 6.07) is 10.8. The van der Waals surface area contributed by atoms with Crippen LogP contribution in [0.4, 0.5) is 13.2 Å². The molecule has 4 aromatic rings. The SMILES string of the molecule is C[C@H](O)c1nc(Cn2cc(-c3ccc(Cl)cc3)n(C[C@H](O)C(F)(F)F)c2=O)nn1-c1cc(Cl)cc(Cl)c1. The van der Waals surface area contributed by atoms with Gasteiger partial charge < -0.3 is 10.2 Å². The zero-order valence-corrected chi connectivity index (χ0v) is 21.3. The molecule has 0 amide bonds. The number of halogens is 6. The Morgan fingerprint density at radius 3 is 2.19 bits per heavy atom. The van der Waals surface area contributed by atoms with Gasteiger partial charge in [0.25, 0.3) is 0 Å². The van der Waals surface area contributed by atoms with Crippen LogP contribution in [0.2, 0.25) is 15.1 Å². The molecule has 0 unspecified atom stereocenters. The van der Waals surface area contributed by atoms with E-state index >= 15 is 0 Å². The van der Waals surface area contributed by atoms with E-state index in [1.54, 1.807) is 24.3 Å².